The number of hydrogen-bond acceptors (Lipinski definition) is 5. The second-order valence-corrected chi connectivity index (χ2v) is 7.75. The number of carboxylic acid groups (broad SMARTS) is 1. The van der Waals surface area contributed by atoms with Crippen molar-refractivity contribution in [2.45, 2.75) is 11.4 Å². The minimum absolute atomic E-state index is 0.0402. The van der Waals surface area contributed by atoms with Crippen LogP contribution in [0.5, 0.6) is 0 Å². The Bertz CT molecular complexity index is 899. The van der Waals surface area contributed by atoms with Crippen molar-refractivity contribution in [3.05, 3.63) is 52.8 Å². The van der Waals surface area contributed by atoms with Gasteiger partial charge in [-0.25, -0.2) is 13.2 Å². The average molecular weight is 368 g/mol. The maximum absolute atomic E-state index is 12.8. The summed E-state index contributed by atoms with van der Waals surface area (Å²) in [5, 5.41) is 9.23. The van der Waals surface area contributed by atoms with Crippen LogP contribution < -0.4 is 4.90 Å². The number of sulfonamides is 1. The van der Waals surface area contributed by atoms with Crippen molar-refractivity contribution < 1.29 is 18.3 Å². The van der Waals surface area contributed by atoms with E-state index in [4.69, 9.17) is 16.7 Å². The predicted octanol–water partition coefficient (Wildman–Crippen LogP) is 2.03. The molecule has 0 unspecified atom stereocenters. The van der Waals surface area contributed by atoms with Gasteiger partial charge in [-0.1, -0.05) is 11.6 Å². The highest BCUT2D eigenvalue weighted by atomic mass is 35.5. The molecule has 0 saturated carbocycles. The molecule has 0 saturated heterocycles. The summed E-state index contributed by atoms with van der Waals surface area (Å²) in [6.45, 7) is 0.206. The first-order valence-corrected chi connectivity index (χ1v) is 8.80. The molecular weight excluding hydrogens is 354 g/mol. The maximum atomic E-state index is 12.8. The van der Waals surface area contributed by atoms with Crippen LogP contribution in [-0.4, -0.2) is 42.5 Å². The monoisotopic (exact) mass is 367 g/mol. The lowest BCUT2D eigenvalue weighted by molar-refractivity contribution is 0.0696. The molecule has 3 rings (SSSR count). The maximum Gasteiger partial charge on any atom is 0.337 e. The van der Waals surface area contributed by atoms with E-state index < -0.39 is 16.0 Å². The smallest absolute Gasteiger partial charge is 0.337 e. The van der Waals surface area contributed by atoms with E-state index in [0.29, 0.717) is 16.4 Å². The average Bonchev–Trinajstić information content (AvgIpc) is 2.53. The van der Waals surface area contributed by atoms with E-state index in [9.17, 15) is 13.2 Å². The fourth-order valence-electron chi connectivity index (χ4n) is 2.50. The molecule has 2 aromatic rings. The van der Waals surface area contributed by atoms with Crippen LogP contribution in [0.2, 0.25) is 5.02 Å². The minimum Gasteiger partial charge on any atom is -0.478 e. The number of halogens is 1. The van der Waals surface area contributed by atoms with Gasteiger partial charge in [0.2, 0.25) is 10.0 Å². The van der Waals surface area contributed by atoms with Crippen LogP contribution in [0.4, 0.5) is 5.69 Å². The molecule has 1 N–H and O–H groups in total. The molecule has 0 aliphatic carbocycles. The summed E-state index contributed by atoms with van der Waals surface area (Å²) in [5.74, 6) is -1.08. The standard InChI is InChI=1S/C15H14ClN3O4S/c1-18-9-19(8-12-4-2-10(7-17-12)15(20)21)24(22,23)14-6-11(16)3-5-13(14)18/h2-7H,8-9H2,1H3,(H,20,21). The molecule has 0 spiro atoms. The van der Waals surface area contributed by atoms with E-state index in [-0.39, 0.29) is 23.7 Å². The number of carbonyl (C=O) groups is 1. The second kappa shape index (κ2) is 6.04. The number of pyridine rings is 1. The summed E-state index contributed by atoms with van der Waals surface area (Å²) >= 11 is 5.94. The van der Waals surface area contributed by atoms with E-state index >= 15 is 0 Å². The third-order valence-corrected chi connectivity index (χ3v) is 5.77. The van der Waals surface area contributed by atoms with Crippen LogP contribution in [0.1, 0.15) is 16.1 Å². The highest BCUT2D eigenvalue weighted by Gasteiger charge is 2.34. The molecule has 126 valence electrons. The molecule has 1 aromatic carbocycles. The third kappa shape index (κ3) is 2.95. The molecule has 0 amide bonds. The van der Waals surface area contributed by atoms with E-state index in [0.717, 1.165) is 0 Å². The van der Waals surface area contributed by atoms with Crippen molar-refractivity contribution in [3.8, 4) is 0 Å². The van der Waals surface area contributed by atoms with Gasteiger partial charge >= 0.3 is 5.97 Å². The summed E-state index contributed by atoms with van der Waals surface area (Å²) in [5.41, 5.74) is 1.10. The summed E-state index contributed by atoms with van der Waals surface area (Å²) in [6, 6.07) is 7.65. The van der Waals surface area contributed by atoms with E-state index in [1.54, 1.807) is 24.1 Å². The van der Waals surface area contributed by atoms with Gasteiger partial charge in [-0.05, 0) is 30.3 Å². The topological polar surface area (TPSA) is 90.8 Å². The van der Waals surface area contributed by atoms with Crippen molar-refractivity contribution in [3.63, 3.8) is 0 Å². The lowest BCUT2D eigenvalue weighted by atomic mass is 10.2. The largest absolute Gasteiger partial charge is 0.478 e. The zero-order chi connectivity index (χ0) is 17.5. The molecule has 9 heteroatoms. The van der Waals surface area contributed by atoms with Crippen molar-refractivity contribution in [2.24, 2.45) is 0 Å². The Kier molecular flexibility index (Phi) is 4.20. The molecule has 24 heavy (non-hydrogen) atoms. The number of nitrogens with zero attached hydrogens (tertiary/aromatic N) is 3. The van der Waals surface area contributed by atoms with Crippen molar-refractivity contribution in [1.29, 1.82) is 0 Å². The Labute approximate surface area is 144 Å². The SMILES string of the molecule is CN1CN(Cc2ccc(C(=O)O)cn2)S(=O)(=O)c2cc(Cl)ccc21. The normalized spacial score (nSPS) is 16.7. The Hall–Kier alpha value is -2.16. The molecule has 0 bridgehead atoms. The first-order valence-electron chi connectivity index (χ1n) is 6.98. The zero-order valence-electron chi connectivity index (χ0n) is 12.7. The molecule has 2 heterocycles. The number of benzene rings is 1. The minimum atomic E-state index is -3.71. The van der Waals surface area contributed by atoms with Crippen molar-refractivity contribution in [1.82, 2.24) is 9.29 Å². The van der Waals surface area contributed by atoms with Crippen LogP contribution >= 0.6 is 11.6 Å². The summed E-state index contributed by atoms with van der Waals surface area (Å²) in [6.07, 6.45) is 1.21. The summed E-state index contributed by atoms with van der Waals surface area (Å²) in [7, 11) is -1.92. The number of carboxylic acids is 1. The number of rotatable bonds is 3. The summed E-state index contributed by atoms with van der Waals surface area (Å²) < 4.78 is 26.9. The Balaban J connectivity index is 1.93. The van der Waals surface area contributed by atoms with Crippen LogP contribution in [0, 0.1) is 0 Å². The van der Waals surface area contributed by atoms with Crippen LogP contribution in [0.25, 0.3) is 0 Å². The molecular formula is C15H14ClN3O4S. The zero-order valence-corrected chi connectivity index (χ0v) is 14.3. The Morgan fingerprint density at radius 3 is 2.71 bits per heavy atom. The van der Waals surface area contributed by atoms with Gasteiger partial charge in [-0.2, -0.15) is 4.31 Å². The van der Waals surface area contributed by atoms with Gasteiger partial charge < -0.3 is 10.0 Å². The van der Waals surface area contributed by atoms with Gasteiger partial charge in [0.1, 0.15) is 4.90 Å². The fourth-order valence-corrected chi connectivity index (χ4v) is 4.40. The van der Waals surface area contributed by atoms with Crippen molar-refractivity contribution in [2.75, 3.05) is 18.6 Å². The first kappa shape index (κ1) is 16.7. The molecule has 1 aromatic heterocycles. The van der Waals surface area contributed by atoms with Gasteiger partial charge in [-0.15, -0.1) is 0 Å². The number of aromatic carboxylic acids is 1. The highest BCUT2D eigenvalue weighted by molar-refractivity contribution is 7.89. The van der Waals surface area contributed by atoms with Crippen LogP contribution in [0.15, 0.2) is 41.4 Å². The van der Waals surface area contributed by atoms with Gasteiger partial charge in [0, 0.05) is 18.3 Å². The van der Waals surface area contributed by atoms with E-state index in [1.165, 1.54) is 28.7 Å². The second-order valence-electron chi connectivity index (χ2n) is 5.41. The van der Waals surface area contributed by atoms with Crippen LogP contribution in [-0.2, 0) is 16.6 Å². The van der Waals surface area contributed by atoms with Gasteiger partial charge in [0.25, 0.3) is 0 Å². The van der Waals surface area contributed by atoms with Gasteiger partial charge in [0.15, 0.2) is 0 Å². The molecule has 0 atom stereocenters. The lowest BCUT2D eigenvalue weighted by Crippen LogP contribution is -2.44. The third-order valence-electron chi connectivity index (χ3n) is 3.73. The number of aromatic nitrogens is 1. The van der Waals surface area contributed by atoms with E-state index in [2.05, 4.69) is 4.98 Å². The van der Waals surface area contributed by atoms with Gasteiger partial charge in [0.05, 0.1) is 30.2 Å². The predicted molar refractivity (Wildman–Crippen MR) is 88.6 cm³/mol. The number of hydrogen-bond donors (Lipinski definition) is 1. The van der Waals surface area contributed by atoms with E-state index in [1.807, 2.05) is 0 Å². The number of anilines is 1. The quantitative estimate of drug-likeness (QED) is 0.892. The molecule has 0 fully saturated rings. The Morgan fingerprint density at radius 1 is 1.33 bits per heavy atom. The molecule has 7 nitrogen and oxygen atoms in total. The summed E-state index contributed by atoms with van der Waals surface area (Å²) in [4.78, 5) is 16.8. The fraction of sp³-hybridized carbons (Fsp3) is 0.200. The lowest BCUT2D eigenvalue weighted by Gasteiger charge is -2.35. The first-order chi connectivity index (χ1) is 11.3. The van der Waals surface area contributed by atoms with Gasteiger partial charge in [-0.3, -0.25) is 4.98 Å². The Morgan fingerprint density at radius 2 is 2.08 bits per heavy atom. The molecule has 1 aliphatic rings. The van der Waals surface area contributed by atoms with Crippen LogP contribution in [0.3, 0.4) is 0 Å². The molecule has 0 radical (unpaired) electrons. The number of fused-ring (bicyclic) bond motifs is 1. The van der Waals surface area contributed by atoms with Crippen molar-refractivity contribution >= 4 is 33.3 Å². The molecule has 1 aliphatic heterocycles. The highest BCUT2D eigenvalue weighted by Crippen LogP contribution is 2.34.